The monoisotopic (exact) mass is 434 g/mol. The van der Waals surface area contributed by atoms with Gasteiger partial charge in [-0.05, 0) is 49.2 Å². The van der Waals surface area contributed by atoms with Gasteiger partial charge in [0.05, 0.1) is 18.4 Å². The molecular formula is C25H20F2N2O3. The van der Waals surface area contributed by atoms with Crippen LogP contribution >= 0.6 is 0 Å². The van der Waals surface area contributed by atoms with Crippen LogP contribution in [-0.2, 0) is 9.59 Å². The number of hydrogen-bond donors (Lipinski definition) is 1. The summed E-state index contributed by atoms with van der Waals surface area (Å²) in [6.45, 7) is 3.77. The molecule has 7 heteroatoms. The van der Waals surface area contributed by atoms with E-state index in [9.17, 15) is 18.4 Å². The average molecular weight is 434 g/mol. The number of carbonyl (C=O) groups excluding carboxylic acids is 2. The maximum absolute atomic E-state index is 13.8. The molecule has 0 fully saturated rings. The van der Waals surface area contributed by atoms with E-state index in [4.69, 9.17) is 4.74 Å². The number of nitrogens with zero attached hydrogens (tertiary/aromatic N) is 1. The van der Waals surface area contributed by atoms with Crippen LogP contribution < -0.4 is 15.0 Å². The summed E-state index contributed by atoms with van der Waals surface area (Å²) in [5, 5.41) is 2.84. The zero-order chi connectivity index (χ0) is 23.0. The van der Waals surface area contributed by atoms with Crippen LogP contribution in [-0.4, -0.2) is 18.9 Å². The van der Waals surface area contributed by atoms with E-state index in [1.807, 2.05) is 26.0 Å². The Kier molecular flexibility index (Phi) is 5.48. The molecule has 162 valence electrons. The fourth-order valence-corrected chi connectivity index (χ4v) is 3.69. The van der Waals surface area contributed by atoms with Crippen molar-refractivity contribution in [3.05, 3.63) is 94.7 Å². The highest BCUT2D eigenvalue weighted by Crippen LogP contribution is 2.36. The Balaban J connectivity index is 1.86. The number of amides is 2. The second-order valence-electron chi connectivity index (χ2n) is 7.47. The SMILES string of the molecule is COc1cccc(N2C(=O)C(Nc3ccc(F)c(F)c3)=C(c3ccc(C)cc3C)C2=O)c1. The first-order valence-electron chi connectivity index (χ1n) is 9.87. The lowest BCUT2D eigenvalue weighted by Gasteiger charge is -2.16. The molecule has 0 aromatic heterocycles. The summed E-state index contributed by atoms with van der Waals surface area (Å²) in [6.07, 6.45) is 0. The smallest absolute Gasteiger partial charge is 0.282 e. The van der Waals surface area contributed by atoms with Gasteiger partial charge < -0.3 is 10.1 Å². The van der Waals surface area contributed by atoms with E-state index in [0.29, 0.717) is 17.0 Å². The van der Waals surface area contributed by atoms with E-state index in [1.54, 1.807) is 30.3 Å². The van der Waals surface area contributed by atoms with Crippen LogP contribution in [0.3, 0.4) is 0 Å². The Bertz CT molecular complexity index is 1280. The molecule has 1 aliphatic rings. The van der Waals surface area contributed by atoms with Gasteiger partial charge in [-0.15, -0.1) is 0 Å². The summed E-state index contributed by atoms with van der Waals surface area (Å²) in [6, 6.07) is 15.3. The number of carbonyl (C=O) groups is 2. The van der Waals surface area contributed by atoms with Crippen molar-refractivity contribution in [1.29, 1.82) is 0 Å². The molecule has 32 heavy (non-hydrogen) atoms. The normalized spacial score (nSPS) is 13.7. The van der Waals surface area contributed by atoms with Gasteiger partial charge in [-0.1, -0.05) is 29.8 Å². The average Bonchev–Trinajstić information content (AvgIpc) is 3.00. The molecular weight excluding hydrogens is 414 g/mol. The summed E-state index contributed by atoms with van der Waals surface area (Å²) in [5.74, 6) is -2.72. The van der Waals surface area contributed by atoms with Crippen LogP contribution in [0.2, 0.25) is 0 Å². The van der Waals surface area contributed by atoms with Crippen molar-refractivity contribution < 1.29 is 23.1 Å². The molecule has 0 radical (unpaired) electrons. The topological polar surface area (TPSA) is 58.6 Å². The molecule has 5 nitrogen and oxygen atoms in total. The predicted molar refractivity (Wildman–Crippen MR) is 118 cm³/mol. The quantitative estimate of drug-likeness (QED) is 0.575. The zero-order valence-electron chi connectivity index (χ0n) is 17.7. The van der Waals surface area contributed by atoms with Crippen molar-refractivity contribution in [3.63, 3.8) is 0 Å². The van der Waals surface area contributed by atoms with Crippen molar-refractivity contribution >= 4 is 28.8 Å². The molecule has 3 aromatic rings. The first kappa shape index (κ1) is 21.2. The molecule has 0 saturated heterocycles. The molecule has 1 aliphatic heterocycles. The van der Waals surface area contributed by atoms with Crippen LogP contribution in [0.5, 0.6) is 5.75 Å². The van der Waals surface area contributed by atoms with E-state index in [2.05, 4.69) is 5.32 Å². The fourth-order valence-electron chi connectivity index (χ4n) is 3.69. The summed E-state index contributed by atoms with van der Waals surface area (Å²) in [4.78, 5) is 28.0. The Morgan fingerprint density at radius 1 is 0.875 bits per heavy atom. The largest absolute Gasteiger partial charge is 0.497 e. The van der Waals surface area contributed by atoms with Gasteiger partial charge in [-0.2, -0.15) is 0 Å². The lowest BCUT2D eigenvalue weighted by atomic mass is 9.97. The summed E-state index contributed by atoms with van der Waals surface area (Å²) >= 11 is 0. The Morgan fingerprint density at radius 3 is 2.34 bits per heavy atom. The Hall–Kier alpha value is -4.00. The molecule has 4 rings (SSSR count). The summed E-state index contributed by atoms with van der Waals surface area (Å²) < 4.78 is 32.4. The van der Waals surface area contributed by atoms with Crippen molar-refractivity contribution in [2.45, 2.75) is 13.8 Å². The molecule has 3 aromatic carbocycles. The lowest BCUT2D eigenvalue weighted by molar-refractivity contribution is -0.120. The maximum atomic E-state index is 13.8. The third-order valence-electron chi connectivity index (χ3n) is 5.24. The number of nitrogens with one attached hydrogen (secondary N) is 1. The van der Waals surface area contributed by atoms with Crippen molar-refractivity contribution in [3.8, 4) is 5.75 Å². The van der Waals surface area contributed by atoms with Gasteiger partial charge in [0.2, 0.25) is 0 Å². The molecule has 1 heterocycles. The lowest BCUT2D eigenvalue weighted by Crippen LogP contribution is -2.32. The minimum absolute atomic E-state index is 0.0178. The van der Waals surface area contributed by atoms with Gasteiger partial charge in [0, 0.05) is 17.8 Å². The van der Waals surface area contributed by atoms with E-state index in [1.165, 1.54) is 13.2 Å². The number of anilines is 2. The van der Waals surface area contributed by atoms with Crippen LogP contribution in [0.1, 0.15) is 16.7 Å². The van der Waals surface area contributed by atoms with E-state index >= 15 is 0 Å². The number of aryl methyl sites for hydroxylation is 2. The first-order chi connectivity index (χ1) is 15.3. The Morgan fingerprint density at radius 2 is 1.66 bits per heavy atom. The highest BCUT2D eigenvalue weighted by Gasteiger charge is 2.41. The minimum atomic E-state index is -1.06. The molecule has 2 amide bonds. The standard InChI is InChI=1S/C25H20F2N2O3/c1-14-7-9-19(15(2)11-14)22-23(28-16-8-10-20(26)21(27)12-16)25(31)29(24(22)30)17-5-4-6-18(13-17)32-3/h4-13,28H,1-3H3. The maximum Gasteiger partial charge on any atom is 0.282 e. The third-order valence-corrected chi connectivity index (χ3v) is 5.24. The molecule has 0 bridgehead atoms. The van der Waals surface area contributed by atoms with Gasteiger partial charge in [0.1, 0.15) is 11.4 Å². The van der Waals surface area contributed by atoms with E-state index in [0.717, 1.165) is 28.2 Å². The highest BCUT2D eigenvalue weighted by molar-refractivity contribution is 6.46. The van der Waals surface area contributed by atoms with Crippen LogP contribution in [0.15, 0.2) is 66.4 Å². The Labute approximate surface area is 183 Å². The number of imide groups is 1. The summed E-state index contributed by atoms with van der Waals surface area (Å²) in [7, 11) is 1.49. The van der Waals surface area contributed by atoms with Gasteiger partial charge in [0.15, 0.2) is 11.6 Å². The number of halogens is 2. The van der Waals surface area contributed by atoms with Gasteiger partial charge >= 0.3 is 0 Å². The van der Waals surface area contributed by atoms with Gasteiger partial charge in [0.25, 0.3) is 11.8 Å². The van der Waals surface area contributed by atoms with E-state index in [-0.39, 0.29) is 17.0 Å². The van der Waals surface area contributed by atoms with Crippen molar-refractivity contribution in [1.82, 2.24) is 0 Å². The predicted octanol–water partition coefficient (Wildman–Crippen LogP) is 4.99. The molecule has 0 saturated carbocycles. The number of rotatable bonds is 5. The molecule has 0 atom stereocenters. The number of methoxy groups -OCH3 is 1. The highest BCUT2D eigenvalue weighted by atomic mass is 19.2. The molecule has 0 aliphatic carbocycles. The fraction of sp³-hybridized carbons (Fsp3) is 0.120. The van der Waals surface area contributed by atoms with Crippen LogP contribution in [0, 0.1) is 25.5 Å². The van der Waals surface area contributed by atoms with Crippen molar-refractivity contribution in [2.75, 3.05) is 17.3 Å². The number of ether oxygens (including phenoxy) is 1. The third kappa shape index (κ3) is 3.73. The zero-order valence-corrected chi connectivity index (χ0v) is 17.7. The first-order valence-corrected chi connectivity index (χ1v) is 9.87. The molecule has 0 unspecified atom stereocenters. The second kappa shape index (κ2) is 8.26. The summed E-state index contributed by atoms with van der Waals surface area (Å²) in [5.41, 5.74) is 3.00. The number of benzene rings is 3. The van der Waals surface area contributed by atoms with E-state index < -0.39 is 23.4 Å². The second-order valence-corrected chi connectivity index (χ2v) is 7.47. The number of hydrogen-bond acceptors (Lipinski definition) is 4. The van der Waals surface area contributed by atoms with Crippen LogP contribution in [0.25, 0.3) is 5.57 Å². The van der Waals surface area contributed by atoms with Crippen molar-refractivity contribution in [2.24, 2.45) is 0 Å². The van der Waals surface area contributed by atoms with Crippen LogP contribution in [0.4, 0.5) is 20.2 Å². The van der Waals surface area contributed by atoms with Gasteiger partial charge in [-0.25, -0.2) is 13.7 Å². The molecule has 0 spiro atoms. The minimum Gasteiger partial charge on any atom is -0.497 e. The van der Waals surface area contributed by atoms with Gasteiger partial charge in [-0.3, -0.25) is 9.59 Å². The molecule has 1 N–H and O–H groups in total.